The van der Waals surface area contributed by atoms with Crippen molar-refractivity contribution in [3.8, 4) is 0 Å². The molecule has 4 heteroatoms. The number of hydrogen-bond acceptors (Lipinski definition) is 4. The Balaban J connectivity index is 0.000000168. The molecule has 0 spiro atoms. The van der Waals surface area contributed by atoms with Crippen LogP contribution in [0.4, 0.5) is 0 Å². The number of likely N-dealkylation sites (tertiary alicyclic amines) is 1. The molecular weight excluding hydrogens is 204 g/mol. The molecule has 0 bridgehead atoms. The van der Waals surface area contributed by atoms with Crippen molar-refractivity contribution in [2.24, 2.45) is 0 Å². The van der Waals surface area contributed by atoms with E-state index in [1.54, 1.807) is 0 Å². The summed E-state index contributed by atoms with van der Waals surface area (Å²) in [6.45, 7) is 11.1. The molecule has 0 unspecified atom stereocenters. The van der Waals surface area contributed by atoms with Crippen LogP contribution < -0.4 is 5.32 Å². The van der Waals surface area contributed by atoms with Gasteiger partial charge in [0, 0.05) is 19.1 Å². The predicted molar refractivity (Wildman–Crippen MR) is 64.4 cm³/mol. The van der Waals surface area contributed by atoms with Crippen LogP contribution >= 0.6 is 0 Å². The topological polar surface area (TPSA) is 41.6 Å². The number of carbonyl (C=O) groups excluding carboxylic acids is 1. The molecule has 2 rings (SSSR count). The van der Waals surface area contributed by atoms with Crippen LogP contribution in [-0.4, -0.2) is 49.2 Å². The van der Waals surface area contributed by atoms with Crippen molar-refractivity contribution in [1.82, 2.24) is 10.2 Å². The average molecular weight is 228 g/mol. The number of rotatable bonds is 2. The number of ether oxygens (including phenoxy) is 1. The van der Waals surface area contributed by atoms with E-state index in [0.717, 1.165) is 6.04 Å². The van der Waals surface area contributed by atoms with Gasteiger partial charge < -0.3 is 10.1 Å². The van der Waals surface area contributed by atoms with Crippen molar-refractivity contribution in [3.63, 3.8) is 0 Å². The molecule has 4 nitrogen and oxygen atoms in total. The summed E-state index contributed by atoms with van der Waals surface area (Å²) in [5.74, 6) is 0. The van der Waals surface area contributed by atoms with Crippen LogP contribution in [0.15, 0.2) is 0 Å². The van der Waals surface area contributed by atoms with E-state index in [1.165, 1.54) is 39.0 Å². The predicted octanol–water partition coefficient (Wildman–Crippen LogP) is 1.01. The Morgan fingerprint density at radius 3 is 2.06 bits per heavy atom. The van der Waals surface area contributed by atoms with Gasteiger partial charge in [-0.2, -0.15) is 0 Å². The summed E-state index contributed by atoms with van der Waals surface area (Å²) in [6.07, 6.45) is 2.85. The minimum Gasteiger partial charge on any atom is -0.462 e. The van der Waals surface area contributed by atoms with Gasteiger partial charge in [0.2, 0.25) is 0 Å². The second-order valence-corrected chi connectivity index (χ2v) is 5.38. The van der Waals surface area contributed by atoms with Gasteiger partial charge in [-0.3, -0.25) is 9.69 Å². The van der Waals surface area contributed by atoms with Gasteiger partial charge in [0.1, 0.15) is 5.60 Å². The normalized spacial score (nSPS) is 21.9. The average Bonchev–Trinajstić information content (AvgIpc) is 2.52. The highest BCUT2D eigenvalue weighted by molar-refractivity contribution is 5.37. The van der Waals surface area contributed by atoms with Crippen LogP contribution in [0.1, 0.15) is 33.6 Å². The second kappa shape index (κ2) is 6.21. The monoisotopic (exact) mass is 228 g/mol. The molecule has 0 saturated carbocycles. The van der Waals surface area contributed by atoms with Crippen LogP contribution in [-0.2, 0) is 9.53 Å². The smallest absolute Gasteiger partial charge is 0.293 e. The molecule has 0 aromatic rings. The summed E-state index contributed by atoms with van der Waals surface area (Å²) in [5.41, 5.74) is -0.318. The Hall–Kier alpha value is -0.610. The van der Waals surface area contributed by atoms with E-state index in [1.807, 2.05) is 20.8 Å². The van der Waals surface area contributed by atoms with Gasteiger partial charge in [0.25, 0.3) is 6.47 Å². The van der Waals surface area contributed by atoms with Crippen molar-refractivity contribution in [2.75, 3.05) is 26.2 Å². The molecule has 2 fully saturated rings. The molecule has 2 heterocycles. The minimum atomic E-state index is -0.318. The van der Waals surface area contributed by atoms with E-state index < -0.39 is 0 Å². The summed E-state index contributed by atoms with van der Waals surface area (Å²) in [4.78, 5) is 12.2. The van der Waals surface area contributed by atoms with E-state index in [9.17, 15) is 4.79 Å². The first-order chi connectivity index (χ1) is 7.53. The van der Waals surface area contributed by atoms with Gasteiger partial charge in [0.15, 0.2) is 0 Å². The first-order valence-corrected chi connectivity index (χ1v) is 6.09. The third-order valence-electron chi connectivity index (χ3n) is 2.82. The lowest BCUT2D eigenvalue weighted by Gasteiger charge is -2.35. The highest BCUT2D eigenvalue weighted by Gasteiger charge is 2.25. The number of hydrogen-bond donors (Lipinski definition) is 1. The zero-order chi connectivity index (χ0) is 12.0. The summed E-state index contributed by atoms with van der Waals surface area (Å²) >= 11 is 0. The van der Waals surface area contributed by atoms with Gasteiger partial charge in [0.05, 0.1) is 0 Å². The maximum absolute atomic E-state index is 9.60. The van der Waals surface area contributed by atoms with Gasteiger partial charge in [-0.05, 0) is 46.7 Å². The Labute approximate surface area is 98.3 Å². The maximum Gasteiger partial charge on any atom is 0.293 e. The molecule has 0 atom stereocenters. The van der Waals surface area contributed by atoms with E-state index >= 15 is 0 Å². The lowest BCUT2D eigenvalue weighted by Crippen LogP contribution is -2.56. The van der Waals surface area contributed by atoms with Crippen molar-refractivity contribution < 1.29 is 9.53 Å². The highest BCUT2D eigenvalue weighted by atomic mass is 16.5. The van der Waals surface area contributed by atoms with Crippen LogP contribution in [0.2, 0.25) is 0 Å². The largest absolute Gasteiger partial charge is 0.462 e. The van der Waals surface area contributed by atoms with Gasteiger partial charge in [-0.15, -0.1) is 0 Å². The first kappa shape index (κ1) is 13.5. The molecule has 0 aromatic carbocycles. The maximum atomic E-state index is 9.60. The fourth-order valence-electron chi connectivity index (χ4n) is 1.78. The zero-order valence-corrected chi connectivity index (χ0v) is 10.7. The molecule has 2 aliphatic rings. The van der Waals surface area contributed by atoms with E-state index in [-0.39, 0.29) is 5.60 Å². The van der Waals surface area contributed by atoms with Crippen molar-refractivity contribution in [3.05, 3.63) is 0 Å². The van der Waals surface area contributed by atoms with Crippen LogP contribution in [0, 0.1) is 0 Å². The fourth-order valence-corrected chi connectivity index (χ4v) is 1.78. The lowest BCUT2D eigenvalue weighted by atomic mass is 10.1. The Morgan fingerprint density at radius 2 is 1.81 bits per heavy atom. The summed E-state index contributed by atoms with van der Waals surface area (Å²) < 4.78 is 4.55. The van der Waals surface area contributed by atoms with Crippen molar-refractivity contribution in [1.29, 1.82) is 0 Å². The Kier molecular flexibility index (Phi) is 5.22. The third kappa shape index (κ3) is 4.94. The molecule has 0 aliphatic carbocycles. The summed E-state index contributed by atoms with van der Waals surface area (Å²) in [6, 6.07) is 0.896. The molecule has 0 aromatic heterocycles. The number of nitrogens with one attached hydrogen (secondary N) is 1. The first-order valence-electron chi connectivity index (χ1n) is 6.09. The third-order valence-corrected chi connectivity index (χ3v) is 2.82. The molecular formula is C12H24N2O2. The SMILES string of the molecule is C1CCN(C2CNC2)C1.CC(C)(C)OC=O. The molecule has 1 N–H and O–H groups in total. The van der Waals surface area contributed by atoms with Crippen molar-refractivity contribution >= 4 is 6.47 Å². The van der Waals surface area contributed by atoms with E-state index in [2.05, 4.69) is 15.0 Å². The molecule has 2 aliphatic heterocycles. The Morgan fingerprint density at radius 1 is 1.25 bits per heavy atom. The van der Waals surface area contributed by atoms with E-state index in [0.29, 0.717) is 6.47 Å². The molecule has 16 heavy (non-hydrogen) atoms. The molecule has 0 radical (unpaired) electrons. The lowest BCUT2D eigenvalue weighted by molar-refractivity contribution is -0.138. The second-order valence-electron chi connectivity index (χ2n) is 5.38. The number of carbonyl (C=O) groups is 1. The van der Waals surface area contributed by atoms with Crippen molar-refractivity contribution in [2.45, 2.75) is 45.3 Å². The van der Waals surface area contributed by atoms with E-state index in [4.69, 9.17) is 0 Å². The minimum absolute atomic E-state index is 0.318. The van der Waals surface area contributed by atoms with Crippen LogP contribution in [0.5, 0.6) is 0 Å². The highest BCUT2D eigenvalue weighted by Crippen LogP contribution is 2.13. The quantitative estimate of drug-likeness (QED) is 0.716. The van der Waals surface area contributed by atoms with Gasteiger partial charge in [-0.1, -0.05) is 0 Å². The standard InChI is InChI=1S/C7H14N2.C5H10O2/c1-2-4-9(3-1)7-5-8-6-7;1-5(2,3)7-4-6/h7-8H,1-6H2;4H,1-3H3. The molecule has 94 valence electrons. The fraction of sp³-hybridized carbons (Fsp3) is 0.917. The Bertz CT molecular complexity index is 204. The van der Waals surface area contributed by atoms with Gasteiger partial charge >= 0.3 is 0 Å². The summed E-state index contributed by atoms with van der Waals surface area (Å²) in [5, 5.41) is 3.30. The number of nitrogens with zero attached hydrogens (tertiary/aromatic N) is 1. The zero-order valence-electron chi connectivity index (χ0n) is 10.7. The summed E-state index contributed by atoms with van der Waals surface area (Å²) in [7, 11) is 0. The van der Waals surface area contributed by atoms with Crippen LogP contribution in [0.3, 0.4) is 0 Å². The molecule has 2 saturated heterocycles. The van der Waals surface area contributed by atoms with Crippen LogP contribution in [0.25, 0.3) is 0 Å². The molecule has 0 amide bonds. The van der Waals surface area contributed by atoms with Gasteiger partial charge in [-0.25, -0.2) is 0 Å².